The van der Waals surface area contributed by atoms with Crippen molar-refractivity contribution in [3.63, 3.8) is 0 Å². The molecule has 1 atom stereocenters. The smallest absolute Gasteiger partial charge is 0.242 e. The Hall–Kier alpha value is -0.870. The van der Waals surface area contributed by atoms with Crippen LogP contribution in [0.3, 0.4) is 0 Å². The van der Waals surface area contributed by atoms with Gasteiger partial charge in [0, 0.05) is 4.47 Å². The minimum absolute atomic E-state index is 0.358. The summed E-state index contributed by atoms with van der Waals surface area (Å²) in [5.74, 6) is -0.358. The third-order valence-electron chi connectivity index (χ3n) is 2.64. The zero-order valence-electron chi connectivity index (χ0n) is 9.59. The lowest BCUT2D eigenvalue weighted by Gasteiger charge is -2.28. The molecule has 0 saturated heterocycles. The summed E-state index contributed by atoms with van der Waals surface area (Å²) in [4.78, 5) is 11.6. The van der Waals surface area contributed by atoms with E-state index in [1.165, 1.54) is 0 Å². The minimum atomic E-state index is -0.795. The summed E-state index contributed by atoms with van der Waals surface area (Å²) in [6, 6.07) is 7.61. The molecule has 0 aliphatic carbocycles. The van der Waals surface area contributed by atoms with E-state index in [0.29, 0.717) is 0 Å². The summed E-state index contributed by atoms with van der Waals surface area (Å²) in [7, 11) is 0. The Balaban J connectivity index is 3.01. The number of nitrogens with one attached hydrogen (secondary N) is 1. The Morgan fingerprint density at radius 2 is 2.00 bits per heavy atom. The van der Waals surface area contributed by atoms with E-state index in [1.54, 1.807) is 0 Å². The first-order valence-electron chi connectivity index (χ1n) is 5.31. The van der Waals surface area contributed by atoms with E-state index in [0.717, 1.165) is 23.0 Å². The molecule has 0 fully saturated rings. The van der Waals surface area contributed by atoms with Gasteiger partial charge < -0.3 is 5.73 Å². The molecular formula is C12H17BrN2O. The molecule has 0 heterocycles. The van der Waals surface area contributed by atoms with Crippen molar-refractivity contribution in [3.05, 3.63) is 34.3 Å². The predicted molar refractivity (Wildman–Crippen MR) is 69.0 cm³/mol. The molecule has 16 heavy (non-hydrogen) atoms. The molecule has 0 aliphatic heterocycles. The second-order valence-electron chi connectivity index (χ2n) is 3.92. The van der Waals surface area contributed by atoms with Gasteiger partial charge in [0.2, 0.25) is 5.91 Å². The van der Waals surface area contributed by atoms with Gasteiger partial charge >= 0.3 is 0 Å². The lowest BCUT2D eigenvalue weighted by atomic mass is 9.91. The maximum absolute atomic E-state index is 11.6. The fraction of sp³-hybridized carbons (Fsp3) is 0.417. The van der Waals surface area contributed by atoms with Crippen molar-refractivity contribution in [1.29, 1.82) is 0 Å². The van der Waals surface area contributed by atoms with Crippen LogP contribution in [-0.2, 0) is 10.3 Å². The highest BCUT2D eigenvalue weighted by atomic mass is 79.9. The van der Waals surface area contributed by atoms with Crippen molar-refractivity contribution in [1.82, 2.24) is 5.32 Å². The second-order valence-corrected chi connectivity index (χ2v) is 4.84. The van der Waals surface area contributed by atoms with Crippen LogP contribution in [0.5, 0.6) is 0 Å². The number of rotatable bonds is 5. The summed E-state index contributed by atoms with van der Waals surface area (Å²) >= 11 is 3.37. The lowest BCUT2D eigenvalue weighted by molar-refractivity contribution is -0.124. The number of hydrogen-bond donors (Lipinski definition) is 2. The normalized spacial score (nSPS) is 14.4. The number of hydrogen-bond acceptors (Lipinski definition) is 2. The molecule has 0 aromatic heterocycles. The predicted octanol–water partition coefficient (Wildman–Crippen LogP) is 2.15. The quantitative estimate of drug-likeness (QED) is 0.871. The third-order valence-corrected chi connectivity index (χ3v) is 3.17. The first kappa shape index (κ1) is 13.2. The van der Waals surface area contributed by atoms with Crippen LogP contribution in [0.4, 0.5) is 0 Å². The van der Waals surface area contributed by atoms with Gasteiger partial charge in [-0.15, -0.1) is 0 Å². The SMILES string of the molecule is CCCNC(C)(C(N)=O)c1ccc(Br)cc1. The van der Waals surface area contributed by atoms with Gasteiger partial charge in [0.25, 0.3) is 0 Å². The Morgan fingerprint density at radius 3 is 2.44 bits per heavy atom. The molecule has 1 amide bonds. The van der Waals surface area contributed by atoms with Gasteiger partial charge in [-0.3, -0.25) is 10.1 Å². The fourth-order valence-electron chi connectivity index (χ4n) is 1.49. The molecular weight excluding hydrogens is 268 g/mol. The number of carbonyl (C=O) groups excluding carboxylic acids is 1. The van der Waals surface area contributed by atoms with Crippen LogP contribution < -0.4 is 11.1 Å². The standard InChI is InChI=1S/C12H17BrN2O/c1-3-8-15-12(2,11(14)16)9-4-6-10(13)7-5-9/h4-7,15H,3,8H2,1-2H3,(H2,14,16). The molecule has 0 bridgehead atoms. The molecule has 88 valence electrons. The van der Waals surface area contributed by atoms with Crippen molar-refractivity contribution in [2.75, 3.05) is 6.54 Å². The minimum Gasteiger partial charge on any atom is -0.368 e. The van der Waals surface area contributed by atoms with E-state index < -0.39 is 5.54 Å². The average Bonchev–Trinajstić information content (AvgIpc) is 2.26. The molecule has 1 rings (SSSR count). The summed E-state index contributed by atoms with van der Waals surface area (Å²) in [5, 5.41) is 3.19. The van der Waals surface area contributed by atoms with Crippen LogP contribution >= 0.6 is 15.9 Å². The van der Waals surface area contributed by atoms with Crippen molar-refractivity contribution >= 4 is 21.8 Å². The summed E-state index contributed by atoms with van der Waals surface area (Å²) in [6.45, 7) is 4.62. The van der Waals surface area contributed by atoms with Crippen LogP contribution in [0, 0.1) is 0 Å². The first-order chi connectivity index (χ1) is 7.50. The van der Waals surface area contributed by atoms with Gasteiger partial charge in [-0.05, 0) is 37.6 Å². The Kier molecular flexibility index (Phi) is 4.50. The average molecular weight is 285 g/mol. The van der Waals surface area contributed by atoms with Gasteiger partial charge in [-0.2, -0.15) is 0 Å². The van der Waals surface area contributed by atoms with Crippen LogP contribution in [-0.4, -0.2) is 12.5 Å². The van der Waals surface area contributed by atoms with Crippen molar-refractivity contribution < 1.29 is 4.79 Å². The van der Waals surface area contributed by atoms with E-state index in [1.807, 2.05) is 31.2 Å². The molecule has 1 unspecified atom stereocenters. The number of benzene rings is 1. The number of amides is 1. The monoisotopic (exact) mass is 284 g/mol. The summed E-state index contributed by atoms with van der Waals surface area (Å²) in [5.41, 5.74) is 5.56. The van der Waals surface area contributed by atoms with Gasteiger partial charge in [-0.1, -0.05) is 35.0 Å². The maximum Gasteiger partial charge on any atom is 0.242 e. The molecule has 3 N–H and O–H groups in total. The van der Waals surface area contributed by atoms with Crippen LogP contribution in [0.1, 0.15) is 25.8 Å². The first-order valence-corrected chi connectivity index (χ1v) is 6.11. The largest absolute Gasteiger partial charge is 0.368 e. The van der Waals surface area contributed by atoms with Crippen LogP contribution in [0.2, 0.25) is 0 Å². The van der Waals surface area contributed by atoms with Gasteiger partial charge in [0.05, 0.1) is 0 Å². The molecule has 0 spiro atoms. The van der Waals surface area contributed by atoms with Crippen molar-refractivity contribution in [3.8, 4) is 0 Å². The second kappa shape index (κ2) is 5.46. The molecule has 0 radical (unpaired) electrons. The number of nitrogens with two attached hydrogens (primary N) is 1. The molecule has 0 aliphatic rings. The number of primary amides is 1. The number of carbonyl (C=O) groups is 1. The molecule has 0 saturated carbocycles. The Morgan fingerprint density at radius 1 is 1.44 bits per heavy atom. The van der Waals surface area contributed by atoms with E-state index in [9.17, 15) is 4.79 Å². The van der Waals surface area contributed by atoms with Crippen molar-refractivity contribution in [2.45, 2.75) is 25.8 Å². The van der Waals surface area contributed by atoms with E-state index in [2.05, 4.69) is 28.2 Å². The zero-order chi connectivity index (χ0) is 12.2. The molecule has 1 aromatic rings. The van der Waals surface area contributed by atoms with E-state index >= 15 is 0 Å². The zero-order valence-corrected chi connectivity index (χ0v) is 11.2. The topological polar surface area (TPSA) is 55.1 Å². The lowest BCUT2D eigenvalue weighted by Crippen LogP contribution is -2.50. The van der Waals surface area contributed by atoms with Crippen LogP contribution in [0.25, 0.3) is 0 Å². The van der Waals surface area contributed by atoms with Crippen LogP contribution in [0.15, 0.2) is 28.7 Å². The highest BCUT2D eigenvalue weighted by molar-refractivity contribution is 9.10. The third kappa shape index (κ3) is 2.83. The highest BCUT2D eigenvalue weighted by Crippen LogP contribution is 2.22. The highest BCUT2D eigenvalue weighted by Gasteiger charge is 2.32. The summed E-state index contributed by atoms with van der Waals surface area (Å²) in [6.07, 6.45) is 0.958. The van der Waals surface area contributed by atoms with Crippen molar-refractivity contribution in [2.24, 2.45) is 5.73 Å². The number of halogens is 1. The van der Waals surface area contributed by atoms with Gasteiger partial charge in [0.1, 0.15) is 5.54 Å². The summed E-state index contributed by atoms with van der Waals surface area (Å²) < 4.78 is 0.985. The molecule has 1 aromatic carbocycles. The van der Waals surface area contributed by atoms with Gasteiger partial charge in [0.15, 0.2) is 0 Å². The van der Waals surface area contributed by atoms with Gasteiger partial charge in [-0.25, -0.2) is 0 Å². The maximum atomic E-state index is 11.6. The molecule has 3 nitrogen and oxygen atoms in total. The van der Waals surface area contributed by atoms with E-state index in [4.69, 9.17) is 5.73 Å². The fourth-order valence-corrected chi connectivity index (χ4v) is 1.75. The Labute approximate surface area is 105 Å². The van der Waals surface area contributed by atoms with E-state index in [-0.39, 0.29) is 5.91 Å². The Bertz CT molecular complexity index is 364. The molecule has 4 heteroatoms.